The average molecular weight is 502 g/mol. The van der Waals surface area contributed by atoms with E-state index in [9.17, 15) is 9.59 Å². The number of rotatable bonds is 8. The molecule has 35 heavy (non-hydrogen) atoms. The summed E-state index contributed by atoms with van der Waals surface area (Å²) in [6.45, 7) is 5.99. The molecule has 178 valence electrons. The first-order chi connectivity index (χ1) is 16.9. The van der Waals surface area contributed by atoms with Crippen LogP contribution in [0.1, 0.15) is 34.1 Å². The highest BCUT2D eigenvalue weighted by Crippen LogP contribution is 2.32. The van der Waals surface area contributed by atoms with Crippen molar-refractivity contribution in [2.75, 3.05) is 10.6 Å². The van der Waals surface area contributed by atoms with E-state index >= 15 is 0 Å². The predicted molar refractivity (Wildman–Crippen MR) is 146 cm³/mol. The molecule has 1 heterocycles. The summed E-state index contributed by atoms with van der Waals surface area (Å²) in [5.41, 5.74) is 4.33. The number of hydrogen-bond donors (Lipinski definition) is 2. The normalized spacial score (nSPS) is 11.6. The van der Waals surface area contributed by atoms with E-state index in [4.69, 9.17) is 0 Å². The van der Waals surface area contributed by atoms with Crippen molar-refractivity contribution in [3.8, 4) is 11.3 Å². The van der Waals surface area contributed by atoms with Gasteiger partial charge in [-0.1, -0.05) is 61.0 Å². The number of carbonyl (C=O) groups excluding carboxylic acids is 2. The van der Waals surface area contributed by atoms with Gasteiger partial charge in [0, 0.05) is 26.6 Å². The molecule has 2 amide bonds. The van der Waals surface area contributed by atoms with Crippen molar-refractivity contribution in [3.63, 3.8) is 0 Å². The van der Waals surface area contributed by atoms with Crippen molar-refractivity contribution in [1.29, 1.82) is 0 Å². The van der Waals surface area contributed by atoms with Gasteiger partial charge in [-0.05, 0) is 50.6 Å². The monoisotopic (exact) mass is 501 g/mol. The lowest BCUT2D eigenvalue weighted by atomic mass is 10.1. The smallest absolute Gasteiger partial charge is 0.255 e. The molecule has 0 fully saturated rings. The fourth-order valence-electron chi connectivity index (χ4n) is 3.54. The zero-order chi connectivity index (χ0) is 24.8. The molecule has 7 heteroatoms. The summed E-state index contributed by atoms with van der Waals surface area (Å²) in [5, 5.41) is 6.25. The van der Waals surface area contributed by atoms with Crippen molar-refractivity contribution in [2.45, 2.75) is 37.3 Å². The molecule has 4 aromatic rings. The van der Waals surface area contributed by atoms with Crippen molar-refractivity contribution >= 4 is 45.7 Å². The number of nitrogens with one attached hydrogen (secondary N) is 2. The number of hydrogen-bond acceptors (Lipinski definition) is 5. The Kier molecular flexibility index (Phi) is 8.00. The van der Waals surface area contributed by atoms with E-state index in [-0.39, 0.29) is 17.1 Å². The molecule has 1 unspecified atom stereocenters. The summed E-state index contributed by atoms with van der Waals surface area (Å²) >= 11 is 2.96. The van der Waals surface area contributed by atoms with Crippen molar-refractivity contribution in [3.05, 3.63) is 94.9 Å². The van der Waals surface area contributed by atoms with Gasteiger partial charge < -0.3 is 10.6 Å². The summed E-state index contributed by atoms with van der Waals surface area (Å²) in [6.07, 6.45) is 0.659. The molecule has 0 aliphatic carbocycles. The second-order valence-corrected chi connectivity index (χ2v) is 10.6. The van der Waals surface area contributed by atoms with E-state index in [1.165, 1.54) is 23.1 Å². The van der Waals surface area contributed by atoms with E-state index in [1.54, 1.807) is 0 Å². The van der Waals surface area contributed by atoms with Crippen LogP contribution in [0.2, 0.25) is 0 Å². The molecule has 0 saturated heterocycles. The van der Waals surface area contributed by atoms with E-state index in [2.05, 4.69) is 15.6 Å². The molecule has 2 N–H and O–H groups in total. The minimum absolute atomic E-state index is 0.0834. The molecule has 1 aromatic heterocycles. The lowest BCUT2D eigenvalue weighted by Crippen LogP contribution is -2.24. The maximum absolute atomic E-state index is 13.0. The maximum Gasteiger partial charge on any atom is 0.255 e. The van der Waals surface area contributed by atoms with Crippen LogP contribution in [0.5, 0.6) is 0 Å². The Hall–Kier alpha value is -3.42. The third-order valence-corrected chi connectivity index (χ3v) is 7.67. The number of aryl methyl sites for hydroxylation is 2. The zero-order valence-corrected chi connectivity index (χ0v) is 21.5. The predicted octanol–water partition coefficient (Wildman–Crippen LogP) is 7.19. The summed E-state index contributed by atoms with van der Waals surface area (Å²) in [5.74, 6) is -0.245. The number of anilines is 2. The third kappa shape index (κ3) is 6.38. The summed E-state index contributed by atoms with van der Waals surface area (Å²) < 4.78 is 0. The van der Waals surface area contributed by atoms with Gasteiger partial charge in [-0.15, -0.1) is 23.1 Å². The fraction of sp³-hybridized carbons (Fsp3) is 0.179. The van der Waals surface area contributed by atoms with Crippen molar-refractivity contribution in [1.82, 2.24) is 4.98 Å². The van der Waals surface area contributed by atoms with Crippen LogP contribution in [0.25, 0.3) is 11.3 Å². The van der Waals surface area contributed by atoms with Crippen molar-refractivity contribution < 1.29 is 9.59 Å². The number of benzene rings is 3. The summed E-state index contributed by atoms with van der Waals surface area (Å²) in [7, 11) is 0. The molecule has 5 nitrogen and oxygen atoms in total. The molecule has 0 bridgehead atoms. The van der Waals surface area contributed by atoms with E-state index in [0.717, 1.165) is 26.6 Å². The number of nitrogens with zero attached hydrogens (tertiary/aromatic N) is 1. The van der Waals surface area contributed by atoms with Gasteiger partial charge in [-0.2, -0.15) is 0 Å². The van der Waals surface area contributed by atoms with Crippen LogP contribution in [-0.4, -0.2) is 22.0 Å². The zero-order valence-electron chi connectivity index (χ0n) is 19.9. The number of thioether (sulfide) groups is 1. The number of aromatic nitrogens is 1. The fourth-order valence-corrected chi connectivity index (χ4v) is 5.39. The van der Waals surface area contributed by atoms with E-state index < -0.39 is 0 Å². The quantitative estimate of drug-likeness (QED) is 0.251. The Morgan fingerprint density at radius 1 is 0.943 bits per heavy atom. The molecule has 0 radical (unpaired) electrons. The molecule has 3 aromatic carbocycles. The van der Waals surface area contributed by atoms with Crippen LogP contribution < -0.4 is 10.6 Å². The van der Waals surface area contributed by atoms with Crippen LogP contribution in [0.4, 0.5) is 10.8 Å². The lowest BCUT2D eigenvalue weighted by molar-refractivity contribution is -0.115. The van der Waals surface area contributed by atoms with Gasteiger partial charge in [0.15, 0.2) is 5.13 Å². The number of amides is 2. The average Bonchev–Trinajstić information content (AvgIpc) is 3.23. The number of thiazole rings is 1. The second kappa shape index (κ2) is 11.3. The van der Waals surface area contributed by atoms with Crippen LogP contribution in [0.3, 0.4) is 0 Å². The molecular formula is C28H27N3O2S2. The van der Waals surface area contributed by atoms with Gasteiger partial charge in [-0.25, -0.2) is 4.98 Å². The highest BCUT2D eigenvalue weighted by molar-refractivity contribution is 8.00. The van der Waals surface area contributed by atoms with E-state index in [1.807, 2.05) is 99.6 Å². The van der Waals surface area contributed by atoms with Crippen LogP contribution in [0, 0.1) is 13.8 Å². The molecular weight excluding hydrogens is 474 g/mol. The van der Waals surface area contributed by atoms with Gasteiger partial charge in [0.1, 0.15) is 0 Å². The van der Waals surface area contributed by atoms with E-state index in [0.29, 0.717) is 22.8 Å². The maximum atomic E-state index is 13.0. The molecule has 0 aliphatic rings. The number of carbonyl (C=O) groups is 2. The molecule has 0 saturated carbocycles. The Labute approximate surface area is 214 Å². The molecule has 4 rings (SSSR count). The van der Waals surface area contributed by atoms with Gasteiger partial charge >= 0.3 is 0 Å². The van der Waals surface area contributed by atoms with Gasteiger partial charge in [0.25, 0.3) is 5.91 Å². The van der Waals surface area contributed by atoms with Crippen LogP contribution in [-0.2, 0) is 4.79 Å². The first kappa shape index (κ1) is 24.7. The molecule has 0 aliphatic heterocycles. The Morgan fingerprint density at radius 3 is 2.40 bits per heavy atom. The Balaban J connectivity index is 1.41. The van der Waals surface area contributed by atoms with Crippen molar-refractivity contribution in [2.24, 2.45) is 0 Å². The third-order valence-electron chi connectivity index (χ3n) is 5.42. The minimum Gasteiger partial charge on any atom is -0.322 e. The van der Waals surface area contributed by atoms with Gasteiger partial charge in [0.2, 0.25) is 5.91 Å². The standard InChI is InChI=1S/C28H27N3O2S2/c1-4-24(27(33)31-28-30-25(19(3)34-28)20-9-6-5-7-10-20)35-23-12-8-11-22(17-23)29-26(32)21-15-13-18(2)14-16-21/h5-17,24H,4H2,1-3H3,(H,29,32)(H,30,31,33). The SMILES string of the molecule is CCC(Sc1cccc(NC(=O)c2ccc(C)cc2)c1)C(=O)Nc1nc(-c2ccccc2)c(C)s1. The summed E-state index contributed by atoms with van der Waals surface area (Å²) in [4.78, 5) is 32.2. The topological polar surface area (TPSA) is 71.1 Å². The molecule has 0 spiro atoms. The minimum atomic E-state index is -0.289. The van der Waals surface area contributed by atoms with Gasteiger partial charge in [0.05, 0.1) is 10.9 Å². The largest absolute Gasteiger partial charge is 0.322 e. The first-order valence-corrected chi connectivity index (χ1v) is 13.1. The van der Waals surface area contributed by atoms with Crippen LogP contribution >= 0.6 is 23.1 Å². The lowest BCUT2D eigenvalue weighted by Gasteiger charge is -2.14. The van der Waals surface area contributed by atoms with Gasteiger partial charge in [-0.3, -0.25) is 9.59 Å². The summed E-state index contributed by atoms with van der Waals surface area (Å²) in [6, 6.07) is 25.0. The Morgan fingerprint density at radius 2 is 1.69 bits per heavy atom. The van der Waals surface area contributed by atoms with Crippen LogP contribution in [0.15, 0.2) is 83.8 Å². The highest BCUT2D eigenvalue weighted by Gasteiger charge is 2.20. The molecule has 1 atom stereocenters. The Bertz CT molecular complexity index is 1320. The second-order valence-electron chi connectivity index (χ2n) is 8.14. The first-order valence-electron chi connectivity index (χ1n) is 11.4. The highest BCUT2D eigenvalue weighted by atomic mass is 32.2.